The molecular weight excluding hydrogens is 338 g/mol. The third-order valence-corrected chi connectivity index (χ3v) is 5.07. The standard InChI is InChI=1S/C21H33N5O/c1-16(2)12-19(26-8-10-27-11-9-26)15-24-21(22-3)23-14-18-13-17-6-4-5-7-20(17)25-18/h4-7,13,16,19,25H,8-12,14-15H2,1-3H3,(H2,22,23,24). The fourth-order valence-electron chi connectivity index (χ4n) is 3.69. The van der Waals surface area contributed by atoms with Crippen molar-refractivity contribution in [2.45, 2.75) is 32.9 Å². The molecule has 1 aromatic heterocycles. The lowest BCUT2D eigenvalue weighted by Gasteiger charge is -2.35. The van der Waals surface area contributed by atoms with E-state index in [0.717, 1.165) is 51.0 Å². The molecule has 1 aliphatic rings. The highest BCUT2D eigenvalue weighted by atomic mass is 16.5. The highest BCUT2D eigenvalue weighted by Crippen LogP contribution is 2.15. The molecule has 0 spiro atoms. The molecular formula is C21H33N5O. The third-order valence-electron chi connectivity index (χ3n) is 5.07. The van der Waals surface area contributed by atoms with Gasteiger partial charge in [-0.1, -0.05) is 32.0 Å². The number of aromatic nitrogens is 1. The van der Waals surface area contributed by atoms with E-state index in [9.17, 15) is 0 Å². The van der Waals surface area contributed by atoms with E-state index in [-0.39, 0.29) is 0 Å². The number of hydrogen-bond donors (Lipinski definition) is 3. The van der Waals surface area contributed by atoms with Gasteiger partial charge < -0.3 is 20.4 Å². The predicted octanol–water partition coefficient (Wildman–Crippen LogP) is 2.58. The van der Waals surface area contributed by atoms with E-state index in [1.54, 1.807) is 0 Å². The number of aromatic amines is 1. The third kappa shape index (κ3) is 5.71. The molecule has 0 bridgehead atoms. The summed E-state index contributed by atoms with van der Waals surface area (Å²) >= 11 is 0. The van der Waals surface area contributed by atoms with Gasteiger partial charge in [-0.3, -0.25) is 9.89 Å². The van der Waals surface area contributed by atoms with Crippen LogP contribution in [0.1, 0.15) is 26.0 Å². The van der Waals surface area contributed by atoms with Gasteiger partial charge in [0.2, 0.25) is 0 Å². The highest BCUT2D eigenvalue weighted by molar-refractivity contribution is 5.81. The predicted molar refractivity (Wildman–Crippen MR) is 112 cm³/mol. The van der Waals surface area contributed by atoms with Crippen LogP contribution in [0.4, 0.5) is 0 Å². The Balaban J connectivity index is 1.53. The van der Waals surface area contributed by atoms with Gasteiger partial charge in [0, 0.05) is 43.9 Å². The van der Waals surface area contributed by atoms with Gasteiger partial charge in [0.15, 0.2) is 5.96 Å². The first-order valence-electron chi connectivity index (χ1n) is 9.98. The second kappa shape index (κ2) is 9.76. The zero-order chi connectivity index (χ0) is 19.1. The molecule has 0 aliphatic carbocycles. The zero-order valence-corrected chi connectivity index (χ0v) is 16.8. The molecule has 0 saturated carbocycles. The molecule has 148 valence electrons. The highest BCUT2D eigenvalue weighted by Gasteiger charge is 2.22. The number of benzene rings is 1. The van der Waals surface area contributed by atoms with Crippen LogP contribution >= 0.6 is 0 Å². The maximum Gasteiger partial charge on any atom is 0.191 e. The number of ether oxygens (including phenoxy) is 1. The van der Waals surface area contributed by atoms with Gasteiger partial charge >= 0.3 is 0 Å². The van der Waals surface area contributed by atoms with E-state index in [2.05, 4.69) is 69.7 Å². The lowest BCUT2D eigenvalue weighted by molar-refractivity contribution is 0.0132. The van der Waals surface area contributed by atoms with Crippen molar-refractivity contribution in [1.82, 2.24) is 20.5 Å². The van der Waals surface area contributed by atoms with Gasteiger partial charge in [0.05, 0.1) is 19.8 Å². The lowest BCUT2D eigenvalue weighted by Crippen LogP contribution is -2.51. The van der Waals surface area contributed by atoms with Gasteiger partial charge in [-0.25, -0.2) is 0 Å². The minimum absolute atomic E-state index is 0.500. The van der Waals surface area contributed by atoms with Gasteiger partial charge in [-0.2, -0.15) is 0 Å². The van der Waals surface area contributed by atoms with Crippen LogP contribution in [0.25, 0.3) is 10.9 Å². The van der Waals surface area contributed by atoms with E-state index >= 15 is 0 Å². The first kappa shape index (κ1) is 19.7. The Morgan fingerprint density at radius 3 is 2.70 bits per heavy atom. The minimum Gasteiger partial charge on any atom is -0.379 e. The van der Waals surface area contributed by atoms with Crippen molar-refractivity contribution in [2.75, 3.05) is 39.9 Å². The summed E-state index contributed by atoms with van der Waals surface area (Å²) in [5.74, 6) is 1.51. The Morgan fingerprint density at radius 2 is 2.00 bits per heavy atom. The zero-order valence-electron chi connectivity index (χ0n) is 16.8. The average molecular weight is 372 g/mol. The molecule has 2 aromatic rings. The molecule has 1 unspecified atom stereocenters. The number of para-hydroxylation sites is 1. The normalized spacial score (nSPS) is 17.4. The summed E-state index contributed by atoms with van der Waals surface area (Å²) in [6, 6.07) is 11.0. The van der Waals surface area contributed by atoms with Gasteiger partial charge in [-0.05, 0) is 29.9 Å². The van der Waals surface area contributed by atoms with Crippen molar-refractivity contribution in [1.29, 1.82) is 0 Å². The molecule has 3 rings (SSSR count). The first-order valence-corrected chi connectivity index (χ1v) is 9.98. The molecule has 0 radical (unpaired) electrons. The molecule has 6 heteroatoms. The van der Waals surface area contributed by atoms with Crippen LogP contribution in [0.3, 0.4) is 0 Å². The Hall–Kier alpha value is -2.05. The molecule has 1 aliphatic heterocycles. The van der Waals surface area contributed by atoms with Crippen molar-refractivity contribution in [2.24, 2.45) is 10.9 Å². The fourth-order valence-corrected chi connectivity index (χ4v) is 3.69. The summed E-state index contributed by atoms with van der Waals surface area (Å²) in [5.41, 5.74) is 2.33. The number of hydrogen-bond acceptors (Lipinski definition) is 3. The molecule has 1 fully saturated rings. The van der Waals surface area contributed by atoms with Crippen LogP contribution < -0.4 is 10.6 Å². The molecule has 2 heterocycles. The quantitative estimate of drug-likeness (QED) is 0.517. The van der Waals surface area contributed by atoms with Crippen molar-refractivity contribution in [3.05, 3.63) is 36.0 Å². The fraction of sp³-hybridized carbons (Fsp3) is 0.571. The summed E-state index contributed by atoms with van der Waals surface area (Å²) in [7, 11) is 1.83. The number of rotatable bonds is 7. The smallest absolute Gasteiger partial charge is 0.191 e. The monoisotopic (exact) mass is 371 g/mol. The maximum atomic E-state index is 5.51. The van der Waals surface area contributed by atoms with Crippen molar-refractivity contribution in [3.8, 4) is 0 Å². The lowest BCUT2D eigenvalue weighted by atomic mass is 10.0. The van der Waals surface area contributed by atoms with Crippen LogP contribution in [-0.4, -0.2) is 61.8 Å². The first-order chi connectivity index (χ1) is 13.2. The average Bonchev–Trinajstić information content (AvgIpc) is 3.10. The second-order valence-electron chi connectivity index (χ2n) is 7.62. The Bertz CT molecular complexity index is 700. The summed E-state index contributed by atoms with van der Waals surface area (Å²) in [6.45, 7) is 9.89. The Labute approximate surface area is 162 Å². The van der Waals surface area contributed by atoms with Crippen LogP contribution in [0.5, 0.6) is 0 Å². The summed E-state index contributed by atoms with van der Waals surface area (Å²) in [6.07, 6.45) is 1.17. The van der Waals surface area contributed by atoms with Crippen LogP contribution in [0.15, 0.2) is 35.3 Å². The number of aliphatic imine (C=N–C) groups is 1. The molecule has 6 nitrogen and oxygen atoms in total. The molecule has 1 aromatic carbocycles. The number of guanidine groups is 1. The molecule has 1 atom stereocenters. The topological polar surface area (TPSA) is 64.7 Å². The van der Waals surface area contributed by atoms with E-state index in [1.165, 1.54) is 17.3 Å². The molecule has 27 heavy (non-hydrogen) atoms. The minimum atomic E-state index is 0.500. The molecule has 0 amide bonds. The summed E-state index contributed by atoms with van der Waals surface area (Å²) < 4.78 is 5.51. The number of fused-ring (bicyclic) bond motifs is 1. The molecule has 3 N–H and O–H groups in total. The summed E-state index contributed by atoms with van der Waals surface area (Å²) in [4.78, 5) is 10.4. The number of nitrogens with one attached hydrogen (secondary N) is 3. The van der Waals surface area contributed by atoms with Gasteiger partial charge in [0.25, 0.3) is 0 Å². The molecule has 1 saturated heterocycles. The van der Waals surface area contributed by atoms with E-state index in [0.29, 0.717) is 12.0 Å². The van der Waals surface area contributed by atoms with Gasteiger partial charge in [0.1, 0.15) is 0 Å². The van der Waals surface area contributed by atoms with E-state index < -0.39 is 0 Å². The van der Waals surface area contributed by atoms with E-state index in [4.69, 9.17) is 4.74 Å². The largest absolute Gasteiger partial charge is 0.379 e. The van der Waals surface area contributed by atoms with Crippen LogP contribution in [-0.2, 0) is 11.3 Å². The van der Waals surface area contributed by atoms with Crippen molar-refractivity contribution in [3.63, 3.8) is 0 Å². The van der Waals surface area contributed by atoms with Crippen molar-refractivity contribution >= 4 is 16.9 Å². The van der Waals surface area contributed by atoms with Crippen molar-refractivity contribution < 1.29 is 4.74 Å². The Kier molecular flexibility index (Phi) is 7.12. The van der Waals surface area contributed by atoms with Crippen LogP contribution in [0, 0.1) is 5.92 Å². The number of H-pyrrole nitrogens is 1. The van der Waals surface area contributed by atoms with E-state index in [1.807, 2.05) is 7.05 Å². The number of morpholine rings is 1. The maximum absolute atomic E-state index is 5.51. The summed E-state index contributed by atoms with van der Waals surface area (Å²) in [5, 5.41) is 8.18. The number of nitrogens with zero attached hydrogens (tertiary/aromatic N) is 2. The van der Waals surface area contributed by atoms with Crippen LogP contribution in [0.2, 0.25) is 0 Å². The Morgan fingerprint density at radius 1 is 1.22 bits per heavy atom. The van der Waals surface area contributed by atoms with Gasteiger partial charge in [-0.15, -0.1) is 0 Å². The SMILES string of the molecule is CN=C(NCc1cc2ccccc2[nH]1)NCC(CC(C)C)N1CCOCC1. The second-order valence-corrected chi connectivity index (χ2v) is 7.62.